The van der Waals surface area contributed by atoms with E-state index in [0.717, 1.165) is 89.9 Å². The molecule has 1 unspecified atom stereocenters. The molecule has 0 aliphatic carbocycles. The number of allylic oxidation sites excluding steroid dienone is 12. The molecule has 0 fully saturated rings. The zero-order valence-corrected chi connectivity index (χ0v) is 52.6. The van der Waals surface area contributed by atoms with E-state index in [4.69, 9.17) is 14.2 Å². The number of carbonyl (C=O) groups excluding carboxylic acids is 3. The minimum absolute atomic E-state index is 0.0716. The first kappa shape index (κ1) is 75.8. The maximum Gasteiger partial charge on any atom is 0.306 e. The van der Waals surface area contributed by atoms with Crippen molar-refractivity contribution in [2.45, 2.75) is 361 Å². The molecule has 1 atom stereocenters. The quantitative estimate of drug-likeness (QED) is 0.0261. The number of unbranched alkanes of at least 4 members (excludes halogenated alkanes) is 40. The molecule has 0 aliphatic heterocycles. The van der Waals surface area contributed by atoms with Gasteiger partial charge in [0.2, 0.25) is 0 Å². The van der Waals surface area contributed by atoms with Crippen molar-refractivity contribution in [1.82, 2.24) is 0 Å². The minimum atomic E-state index is -0.775. The lowest BCUT2D eigenvalue weighted by Crippen LogP contribution is -2.30. The van der Waals surface area contributed by atoms with Crippen LogP contribution in [0, 0.1) is 0 Å². The summed E-state index contributed by atoms with van der Waals surface area (Å²) in [6, 6.07) is 0. The average Bonchev–Trinajstić information content (AvgIpc) is 3.45. The van der Waals surface area contributed by atoms with E-state index in [-0.39, 0.29) is 31.1 Å². The van der Waals surface area contributed by atoms with Crippen molar-refractivity contribution in [3.63, 3.8) is 0 Å². The monoisotopic (exact) mass is 1100 g/mol. The zero-order chi connectivity index (χ0) is 57.1. The summed E-state index contributed by atoms with van der Waals surface area (Å²) in [6.07, 6.45) is 87.8. The summed E-state index contributed by atoms with van der Waals surface area (Å²) in [5, 5.41) is 0. The summed E-state index contributed by atoms with van der Waals surface area (Å²) in [4.78, 5) is 38.4. The predicted octanol–water partition coefficient (Wildman–Crippen LogP) is 23.7. The first-order valence-electron chi connectivity index (χ1n) is 34.4. The Labute approximate surface area is 491 Å². The first-order chi connectivity index (χ1) is 39.0. The van der Waals surface area contributed by atoms with Gasteiger partial charge in [0, 0.05) is 19.3 Å². The number of carbonyl (C=O) groups is 3. The molecule has 0 aliphatic rings. The fourth-order valence-corrected chi connectivity index (χ4v) is 10.1. The molecule has 0 bridgehead atoms. The van der Waals surface area contributed by atoms with Crippen LogP contribution >= 0.6 is 0 Å². The van der Waals surface area contributed by atoms with Crippen LogP contribution in [0.3, 0.4) is 0 Å². The van der Waals surface area contributed by atoms with E-state index in [9.17, 15) is 14.4 Å². The van der Waals surface area contributed by atoms with Gasteiger partial charge in [-0.2, -0.15) is 0 Å². The van der Waals surface area contributed by atoms with Gasteiger partial charge in [-0.05, 0) is 89.9 Å². The van der Waals surface area contributed by atoms with Crippen molar-refractivity contribution in [2.24, 2.45) is 0 Å². The number of esters is 3. The SMILES string of the molecule is CC/C=C\C/C=C\C/C=C\C/C=C\CCCCCCCCCCCCCCC(=O)OCC(COC(=O)CCCCCCCCCCCCC)OC(=O)CCCCCCCCCCCCCCC/C=C\C/C=C\CCCCCCC. The van der Waals surface area contributed by atoms with Crippen LogP contribution in [0.25, 0.3) is 0 Å². The second kappa shape index (κ2) is 67.4. The topological polar surface area (TPSA) is 78.9 Å². The molecule has 0 saturated heterocycles. The molecule has 79 heavy (non-hydrogen) atoms. The third-order valence-corrected chi connectivity index (χ3v) is 15.2. The maximum absolute atomic E-state index is 12.9. The Morgan fingerprint density at radius 3 is 0.772 bits per heavy atom. The van der Waals surface area contributed by atoms with Crippen LogP contribution in [0.2, 0.25) is 0 Å². The highest BCUT2D eigenvalue weighted by Crippen LogP contribution is 2.17. The zero-order valence-electron chi connectivity index (χ0n) is 52.6. The van der Waals surface area contributed by atoms with Crippen LogP contribution < -0.4 is 0 Å². The number of rotatable bonds is 63. The van der Waals surface area contributed by atoms with E-state index in [1.54, 1.807) is 0 Å². The molecule has 458 valence electrons. The standard InChI is InChI=1S/C73H130O6/c1-4-7-10-13-16-19-22-24-26-28-30-32-34-36-38-40-42-44-46-48-51-54-57-60-63-66-72(75)78-69-70(68-77-71(74)65-62-59-56-53-50-21-18-15-12-9-6-3)79-73(76)67-64-61-58-55-52-49-47-45-43-41-39-37-35-33-31-29-27-25-23-20-17-14-11-8-5-2/h7,10,16,19,23-26,29-32,70H,4-6,8-9,11-15,17-18,20-22,27-28,33-69H2,1-3H3/b10-7-,19-16-,25-23-,26-24-,31-29-,32-30-. The number of ether oxygens (including phenoxy) is 3. The maximum atomic E-state index is 12.9. The Kier molecular flexibility index (Phi) is 64.7. The van der Waals surface area contributed by atoms with Gasteiger partial charge >= 0.3 is 17.9 Å². The van der Waals surface area contributed by atoms with Crippen LogP contribution in [0.5, 0.6) is 0 Å². The van der Waals surface area contributed by atoms with E-state index in [1.807, 2.05) is 0 Å². The molecule has 0 aromatic carbocycles. The fraction of sp³-hybridized carbons (Fsp3) is 0.795. The van der Waals surface area contributed by atoms with Crippen LogP contribution in [0.15, 0.2) is 72.9 Å². The molecule has 0 rings (SSSR count). The van der Waals surface area contributed by atoms with Gasteiger partial charge in [-0.15, -0.1) is 0 Å². The van der Waals surface area contributed by atoms with Gasteiger partial charge in [-0.25, -0.2) is 0 Å². The third kappa shape index (κ3) is 65.5. The molecule has 6 heteroatoms. The van der Waals surface area contributed by atoms with Crippen molar-refractivity contribution in [2.75, 3.05) is 13.2 Å². The number of hydrogen-bond donors (Lipinski definition) is 0. The lowest BCUT2D eigenvalue weighted by atomic mass is 10.0. The lowest BCUT2D eigenvalue weighted by Gasteiger charge is -2.18. The van der Waals surface area contributed by atoms with Gasteiger partial charge < -0.3 is 14.2 Å². The smallest absolute Gasteiger partial charge is 0.306 e. The number of hydrogen-bond acceptors (Lipinski definition) is 6. The van der Waals surface area contributed by atoms with E-state index >= 15 is 0 Å². The van der Waals surface area contributed by atoms with Gasteiger partial charge in [0.1, 0.15) is 13.2 Å². The van der Waals surface area contributed by atoms with Crippen molar-refractivity contribution >= 4 is 17.9 Å². The molecule has 0 N–H and O–H groups in total. The summed E-state index contributed by atoms with van der Waals surface area (Å²) < 4.78 is 17.0. The molecular weight excluding hydrogens is 973 g/mol. The lowest BCUT2D eigenvalue weighted by molar-refractivity contribution is -0.167. The van der Waals surface area contributed by atoms with Crippen molar-refractivity contribution in [3.05, 3.63) is 72.9 Å². The van der Waals surface area contributed by atoms with Crippen molar-refractivity contribution < 1.29 is 28.6 Å². The Morgan fingerprint density at radius 1 is 0.266 bits per heavy atom. The van der Waals surface area contributed by atoms with Crippen molar-refractivity contribution in [1.29, 1.82) is 0 Å². The fourth-order valence-electron chi connectivity index (χ4n) is 10.1. The summed E-state index contributed by atoms with van der Waals surface area (Å²) in [5.74, 6) is -0.856. The van der Waals surface area contributed by atoms with E-state index in [0.29, 0.717) is 19.3 Å². The minimum Gasteiger partial charge on any atom is -0.462 e. The highest BCUT2D eigenvalue weighted by Gasteiger charge is 2.19. The van der Waals surface area contributed by atoms with Crippen LogP contribution in [0.4, 0.5) is 0 Å². The van der Waals surface area contributed by atoms with E-state index in [1.165, 1.54) is 225 Å². The van der Waals surface area contributed by atoms with Crippen molar-refractivity contribution in [3.8, 4) is 0 Å². The molecule has 0 amide bonds. The predicted molar refractivity (Wildman–Crippen MR) is 344 cm³/mol. The second-order valence-electron chi connectivity index (χ2n) is 23.1. The molecule has 0 radical (unpaired) electrons. The Bertz CT molecular complexity index is 1450. The summed E-state index contributed by atoms with van der Waals surface area (Å²) >= 11 is 0. The largest absolute Gasteiger partial charge is 0.462 e. The van der Waals surface area contributed by atoms with Crippen LogP contribution in [-0.4, -0.2) is 37.2 Å². The van der Waals surface area contributed by atoms with E-state index in [2.05, 4.69) is 93.7 Å². The highest BCUT2D eigenvalue weighted by atomic mass is 16.6. The van der Waals surface area contributed by atoms with Gasteiger partial charge in [0.25, 0.3) is 0 Å². The first-order valence-corrected chi connectivity index (χ1v) is 34.4. The molecule has 0 saturated carbocycles. The second-order valence-corrected chi connectivity index (χ2v) is 23.1. The van der Waals surface area contributed by atoms with E-state index < -0.39 is 6.10 Å². The van der Waals surface area contributed by atoms with Gasteiger partial charge in [0.05, 0.1) is 0 Å². The highest BCUT2D eigenvalue weighted by molar-refractivity contribution is 5.71. The van der Waals surface area contributed by atoms with Crippen LogP contribution in [-0.2, 0) is 28.6 Å². The molecule has 0 aromatic rings. The Balaban J connectivity index is 4.22. The van der Waals surface area contributed by atoms with Gasteiger partial charge in [0.15, 0.2) is 6.10 Å². The van der Waals surface area contributed by atoms with Gasteiger partial charge in [-0.1, -0.05) is 318 Å². The summed E-state index contributed by atoms with van der Waals surface area (Å²) in [6.45, 7) is 6.56. The molecule has 0 heterocycles. The van der Waals surface area contributed by atoms with Crippen LogP contribution in [0.1, 0.15) is 355 Å². The molecular formula is C73H130O6. The Morgan fingerprint density at radius 2 is 0.494 bits per heavy atom. The molecule has 0 spiro atoms. The normalized spacial score (nSPS) is 12.5. The third-order valence-electron chi connectivity index (χ3n) is 15.2. The summed E-state index contributed by atoms with van der Waals surface area (Å²) in [7, 11) is 0. The molecule has 6 nitrogen and oxygen atoms in total. The molecule has 0 aromatic heterocycles. The average molecular weight is 1100 g/mol. The summed E-state index contributed by atoms with van der Waals surface area (Å²) in [5.41, 5.74) is 0. The Hall–Kier alpha value is -3.15. The van der Waals surface area contributed by atoms with Gasteiger partial charge in [-0.3, -0.25) is 14.4 Å².